The van der Waals surface area contributed by atoms with Crippen LogP contribution in [0.2, 0.25) is 0 Å². The summed E-state index contributed by atoms with van der Waals surface area (Å²) in [4.78, 5) is 2.57. The van der Waals surface area contributed by atoms with Crippen LogP contribution in [0.25, 0.3) is 0 Å². The molecule has 2 heterocycles. The Morgan fingerprint density at radius 1 is 1.05 bits per heavy atom. The Balaban J connectivity index is 1.47. The third-order valence-corrected chi connectivity index (χ3v) is 5.50. The van der Waals surface area contributed by atoms with Crippen LogP contribution in [-0.4, -0.2) is 47.8 Å². The molecule has 3 atom stereocenters. The Morgan fingerprint density at radius 2 is 1.89 bits per heavy atom. The molecule has 0 aromatic carbocycles. The highest BCUT2D eigenvalue weighted by molar-refractivity contribution is 4.92. The first-order valence-electron chi connectivity index (χ1n) is 8.48. The molecule has 3 heteroatoms. The minimum Gasteiger partial charge on any atom is -0.392 e. The summed E-state index contributed by atoms with van der Waals surface area (Å²) in [6, 6.07) is 1.39. The molecule has 0 aromatic rings. The molecular weight excluding hydrogens is 236 g/mol. The van der Waals surface area contributed by atoms with E-state index in [4.69, 9.17) is 0 Å². The third-order valence-electron chi connectivity index (χ3n) is 5.50. The van der Waals surface area contributed by atoms with Gasteiger partial charge >= 0.3 is 0 Å². The number of nitrogens with one attached hydrogen (secondary N) is 1. The van der Waals surface area contributed by atoms with Crippen molar-refractivity contribution in [2.45, 2.75) is 76.0 Å². The zero-order valence-electron chi connectivity index (χ0n) is 12.2. The molecule has 0 bridgehead atoms. The maximum absolute atomic E-state index is 10.4. The van der Waals surface area contributed by atoms with E-state index in [2.05, 4.69) is 10.2 Å². The first-order chi connectivity index (χ1) is 9.33. The van der Waals surface area contributed by atoms with Crippen molar-refractivity contribution < 1.29 is 5.11 Å². The Bertz CT molecular complexity index is 272. The molecular formula is C16H30N2O. The number of aliphatic hydroxyl groups excluding tert-OH is 1. The highest BCUT2D eigenvalue weighted by atomic mass is 16.3. The van der Waals surface area contributed by atoms with Gasteiger partial charge in [-0.05, 0) is 51.1 Å². The minimum absolute atomic E-state index is 0.0925. The van der Waals surface area contributed by atoms with Crippen molar-refractivity contribution in [1.82, 2.24) is 10.2 Å². The largest absolute Gasteiger partial charge is 0.392 e. The lowest BCUT2D eigenvalue weighted by Gasteiger charge is -2.31. The molecule has 0 aromatic heterocycles. The molecule has 19 heavy (non-hydrogen) atoms. The van der Waals surface area contributed by atoms with Gasteiger partial charge in [0.1, 0.15) is 0 Å². The van der Waals surface area contributed by atoms with Crippen molar-refractivity contribution in [3.05, 3.63) is 0 Å². The summed E-state index contributed by atoms with van der Waals surface area (Å²) in [6.07, 6.45) is 11.7. The van der Waals surface area contributed by atoms with Gasteiger partial charge in [-0.3, -0.25) is 4.90 Å². The Morgan fingerprint density at radius 3 is 2.63 bits per heavy atom. The molecule has 3 fully saturated rings. The second-order valence-electron chi connectivity index (χ2n) is 6.95. The summed E-state index contributed by atoms with van der Waals surface area (Å²) in [5.74, 6) is 0.806. The van der Waals surface area contributed by atoms with Crippen molar-refractivity contribution in [3.63, 3.8) is 0 Å². The maximum Gasteiger partial charge on any atom is 0.0669 e. The normalized spacial score (nSPS) is 35.2. The summed E-state index contributed by atoms with van der Waals surface area (Å²) >= 11 is 0. The van der Waals surface area contributed by atoms with Crippen LogP contribution >= 0.6 is 0 Å². The molecule has 3 unspecified atom stereocenters. The molecule has 2 N–H and O–H groups in total. The van der Waals surface area contributed by atoms with E-state index in [1.165, 1.54) is 64.5 Å². The minimum atomic E-state index is -0.0925. The number of nitrogens with zero attached hydrogens (tertiary/aromatic N) is 1. The van der Waals surface area contributed by atoms with Crippen LogP contribution in [0.4, 0.5) is 0 Å². The summed E-state index contributed by atoms with van der Waals surface area (Å²) < 4.78 is 0. The fourth-order valence-corrected chi connectivity index (χ4v) is 4.55. The number of hydrogen-bond donors (Lipinski definition) is 2. The van der Waals surface area contributed by atoms with Crippen LogP contribution in [0.1, 0.15) is 57.8 Å². The molecule has 110 valence electrons. The molecule has 3 aliphatic rings. The lowest BCUT2D eigenvalue weighted by Crippen LogP contribution is -2.46. The molecule has 3 rings (SSSR count). The van der Waals surface area contributed by atoms with Gasteiger partial charge in [-0.15, -0.1) is 0 Å². The van der Waals surface area contributed by atoms with E-state index >= 15 is 0 Å². The van der Waals surface area contributed by atoms with Crippen molar-refractivity contribution >= 4 is 0 Å². The second-order valence-corrected chi connectivity index (χ2v) is 6.95. The standard InChI is InChI=1S/C16H30N2O/c19-14(11-13-5-1-2-6-13)12-18-10-4-8-16(18)15-7-3-9-17-15/h13-17,19H,1-12H2. The fourth-order valence-electron chi connectivity index (χ4n) is 4.55. The smallest absolute Gasteiger partial charge is 0.0669 e. The highest BCUT2D eigenvalue weighted by Crippen LogP contribution is 2.30. The number of likely N-dealkylation sites (tertiary alicyclic amines) is 1. The van der Waals surface area contributed by atoms with Gasteiger partial charge in [-0.2, -0.15) is 0 Å². The molecule has 0 amide bonds. The van der Waals surface area contributed by atoms with Crippen molar-refractivity contribution in [2.75, 3.05) is 19.6 Å². The SMILES string of the molecule is OC(CC1CCCC1)CN1CCCC1C1CCCN1. The van der Waals surface area contributed by atoms with Crippen molar-refractivity contribution in [2.24, 2.45) is 5.92 Å². The molecule has 0 radical (unpaired) electrons. The van der Waals surface area contributed by atoms with Crippen LogP contribution < -0.4 is 5.32 Å². The zero-order valence-corrected chi connectivity index (χ0v) is 12.2. The van der Waals surface area contributed by atoms with E-state index in [1.807, 2.05) is 0 Å². The van der Waals surface area contributed by atoms with E-state index < -0.39 is 0 Å². The highest BCUT2D eigenvalue weighted by Gasteiger charge is 2.34. The number of hydrogen-bond acceptors (Lipinski definition) is 3. The van der Waals surface area contributed by atoms with Gasteiger partial charge in [0.2, 0.25) is 0 Å². The average Bonchev–Trinajstić information content (AvgIpc) is 3.09. The van der Waals surface area contributed by atoms with Gasteiger partial charge in [0.25, 0.3) is 0 Å². The van der Waals surface area contributed by atoms with E-state index in [0.29, 0.717) is 12.1 Å². The van der Waals surface area contributed by atoms with Crippen molar-refractivity contribution in [1.29, 1.82) is 0 Å². The monoisotopic (exact) mass is 266 g/mol. The first kappa shape index (κ1) is 13.8. The number of aliphatic hydroxyl groups is 1. The van der Waals surface area contributed by atoms with E-state index in [-0.39, 0.29) is 6.10 Å². The Kier molecular flexibility index (Phi) is 4.78. The summed E-state index contributed by atoms with van der Waals surface area (Å²) in [5.41, 5.74) is 0. The maximum atomic E-state index is 10.4. The van der Waals surface area contributed by atoms with Gasteiger partial charge in [-0.1, -0.05) is 25.7 Å². The zero-order chi connectivity index (χ0) is 13.1. The summed E-state index contributed by atoms with van der Waals surface area (Å²) in [7, 11) is 0. The lowest BCUT2D eigenvalue weighted by atomic mass is 9.99. The topological polar surface area (TPSA) is 35.5 Å². The van der Waals surface area contributed by atoms with Gasteiger partial charge in [-0.25, -0.2) is 0 Å². The van der Waals surface area contributed by atoms with Crippen LogP contribution in [0, 0.1) is 5.92 Å². The molecule has 3 nitrogen and oxygen atoms in total. The first-order valence-corrected chi connectivity index (χ1v) is 8.48. The lowest BCUT2D eigenvalue weighted by molar-refractivity contribution is 0.0788. The molecule has 2 aliphatic heterocycles. The van der Waals surface area contributed by atoms with Crippen molar-refractivity contribution in [3.8, 4) is 0 Å². The number of β-amino-alcohol motifs (C(OH)–C–C–N with tert-alkyl or cyclic N) is 1. The van der Waals surface area contributed by atoms with Gasteiger partial charge < -0.3 is 10.4 Å². The van der Waals surface area contributed by atoms with Gasteiger partial charge in [0, 0.05) is 18.6 Å². The van der Waals surface area contributed by atoms with Gasteiger partial charge in [0.15, 0.2) is 0 Å². The Hall–Kier alpha value is -0.120. The summed E-state index contributed by atoms with van der Waals surface area (Å²) in [6.45, 7) is 3.31. The van der Waals surface area contributed by atoms with E-state index in [9.17, 15) is 5.11 Å². The van der Waals surface area contributed by atoms with E-state index in [1.54, 1.807) is 0 Å². The van der Waals surface area contributed by atoms with Crippen LogP contribution in [0.5, 0.6) is 0 Å². The average molecular weight is 266 g/mol. The molecule has 1 aliphatic carbocycles. The summed E-state index contributed by atoms with van der Waals surface area (Å²) in [5, 5.41) is 14.0. The molecule has 2 saturated heterocycles. The van der Waals surface area contributed by atoms with Crippen LogP contribution in [-0.2, 0) is 0 Å². The molecule has 0 spiro atoms. The Labute approximate surface area is 117 Å². The van der Waals surface area contributed by atoms with Crippen LogP contribution in [0.15, 0.2) is 0 Å². The third kappa shape index (κ3) is 3.50. The molecule has 1 saturated carbocycles. The predicted octanol–water partition coefficient (Wildman–Crippen LogP) is 2.14. The van der Waals surface area contributed by atoms with Crippen LogP contribution in [0.3, 0.4) is 0 Å². The number of rotatable bonds is 5. The fraction of sp³-hybridized carbons (Fsp3) is 1.00. The predicted molar refractivity (Wildman–Crippen MR) is 78.2 cm³/mol. The second kappa shape index (κ2) is 6.55. The quantitative estimate of drug-likeness (QED) is 0.800. The van der Waals surface area contributed by atoms with Gasteiger partial charge in [0.05, 0.1) is 6.10 Å². The van der Waals surface area contributed by atoms with E-state index in [0.717, 1.165) is 18.9 Å².